The van der Waals surface area contributed by atoms with Gasteiger partial charge in [-0.25, -0.2) is 13.8 Å². The number of carbonyl (C=O) groups excluding carboxylic acids is 2. The largest absolute Gasteiger partial charge is 0.339 e. The number of hydrogen-bond acceptors (Lipinski definition) is 4. The molecule has 0 unspecified atom stereocenters. The number of nitrogens with zero attached hydrogens (tertiary/aromatic N) is 2. The van der Waals surface area contributed by atoms with E-state index >= 15 is 0 Å². The third kappa shape index (κ3) is 3.71. The van der Waals surface area contributed by atoms with Crippen LogP contribution in [0.5, 0.6) is 0 Å². The highest BCUT2D eigenvalue weighted by Gasteiger charge is 2.29. The van der Waals surface area contributed by atoms with E-state index in [4.69, 9.17) is 0 Å². The first-order chi connectivity index (χ1) is 13.0. The van der Waals surface area contributed by atoms with E-state index in [1.54, 1.807) is 0 Å². The van der Waals surface area contributed by atoms with Crippen LogP contribution in [0.2, 0.25) is 0 Å². The van der Waals surface area contributed by atoms with Crippen molar-refractivity contribution in [3.05, 3.63) is 46.0 Å². The summed E-state index contributed by atoms with van der Waals surface area (Å²) in [5.41, 5.74) is 0.952. The summed E-state index contributed by atoms with van der Waals surface area (Å²) in [6.07, 6.45) is 4.14. The summed E-state index contributed by atoms with van der Waals surface area (Å²) in [5, 5.41) is 3.55. The monoisotopic (exact) mass is 391 g/mol. The highest BCUT2D eigenvalue weighted by atomic mass is 32.1. The van der Waals surface area contributed by atoms with E-state index in [0.29, 0.717) is 37.1 Å². The Bertz CT molecular complexity index is 870. The summed E-state index contributed by atoms with van der Waals surface area (Å²) < 4.78 is 26.8. The Morgan fingerprint density at radius 2 is 1.96 bits per heavy atom. The summed E-state index contributed by atoms with van der Waals surface area (Å²) in [6, 6.07) is 2.94. The second-order valence-corrected chi connectivity index (χ2v) is 8.01. The van der Waals surface area contributed by atoms with Crippen LogP contribution in [0.4, 0.5) is 13.9 Å². The highest BCUT2D eigenvalue weighted by Crippen LogP contribution is 2.31. The van der Waals surface area contributed by atoms with Crippen molar-refractivity contribution < 1.29 is 18.4 Å². The van der Waals surface area contributed by atoms with Crippen LogP contribution in [0.25, 0.3) is 0 Å². The minimum absolute atomic E-state index is 0.0810. The van der Waals surface area contributed by atoms with Gasteiger partial charge in [-0.2, -0.15) is 0 Å². The lowest BCUT2D eigenvalue weighted by molar-refractivity contribution is -0.121. The van der Waals surface area contributed by atoms with E-state index in [2.05, 4.69) is 10.3 Å². The molecule has 0 atom stereocenters. The molecule has 142 valence electrons. The van der Waals surface area contributed by atoms with Gasteiger partial charge in [0.15, 0.2) is 5.13 Å². The first-order valence-corrected chi connectivity index (χ1v) is 9.86. The second kappa shape index (κ2) is 7.34. The molecule has 1 aliphatic heterocycles. The molecule has 27 heavy (non-hydrogen) atoms. The summed E-state index contributed by atoms with van der Waals surface area (Å²) >= 11 is 1.54. The molecule has 1 fully saturated rings. The molecule has 1 saturated heterocycles. The number of anilines is 1. The van der Waals surface area contributed by atoms with E-state index in [0.717, 1.165) is 37.1 Å². The van der Waals surface area contributed by atoms with E-state index in [9.17, 15) is 18.4 Å². The van der Waals surface area contributed by atoms with Gasteiger partial charge >= 0.3 is 0 Å². The van der Waals surface area contributed by atoms with Gasteiger partial charge in [0.25, 0.3) is 5.91 Å². The molecule has 0 spiro atoms. The minimum Gasteiger partial charge on any atom is -0.339 e. The minimum atomic E-state index is -0.864. The van der Waals surface area contributed by atoms with Crippen LogP contribution >= 0.6 is 11.3 Å². The Morgan fingerprint density at radius 3 is 2.67 bits per heavy atom. The molecule has 1 aromatic heterocycles. The molecule has 0 radical (unpaired) electrons. The number of aryl methyl sites for hydroxylation is 2. The zero-order chi connectivity index (χ0) is 19.0. The van der Waals surface area contributed by atoms with Crippen LogP contribution in [0.3, 0.4) is 0 Å². The molecule has 4 rings (SSSR count). The van der Waals surface area contributed by atoms with Crippen molar-refractivity contribution in [2.75, 3.05) is 18.4 Å². The van der Waals surface area contributed by atoms with Crippen molar-refractivity contribution in [1.29, 1.82) is 0 Å². The van der Waals surface area contributed by atoms with Crippen LogP contribution in [0, 0.1) is 17.6 Å². The third-order valence-corrected chi connectivity index (χ3v) is 6.21. The second-order valence-electron chi connectivity index (χ2n) is 6.92. The van der Waals surface area contributed by atoms with Crippen LogP contribution in [0.15, 0.2) is 18.2 Å². The Kier molecular flexibility index (Phi) is 4.90. The number of benzene rings is 1. The van der Waals surface area contributed by atoms with Crippen LogP contribution in [-0.4, -0.2) is 34.8 Å². The molecular formula is C19H19F2N3O2S. The SMILES string of the molecule is O=C(Nc1nc2c(s1)CCC2)C1CCN(C(=O)c2ccc(F)cc2F)CC1. The number of aromatic nitrogens is 1. The van der Waals surface area contributed by atoms with Gasteiger partial charge in [-0.1, -0.05) is 0 Å². The van der Waals surface area contributed by atoms with E-state index in [1.165, 1.54) is 21.1 Å². The number of carbonyl (C=O) groups is 2. The third-order valence-electron chi connectivity index (χ3n) is 5.14. The van der Waals surface area contributed by atoms with Gasteiger partial charge in [0.2, 0.25) is 5.91 Å². The molecule has 2 heterocycles. The Morgan fingerprint density at radius 1 is 1.19 bits per heavy atom. The fourth-order valence-electron chi connectivity index (χ4n) is 3.63. The van der Waals surface area contributed by atoms with E-state index < -0.39 is 17.5 Å². The van der Waals surface area contributed by atoms with Crippen molar-refractivity contribution in [2.24, 2.45) is 5.92 Å². The van der Waals surface area contributed by atoms with Gasteiger partial charge in [-0.15, -0.1) is 11.3 Å². The predicted molar refractivity (Wildman–Crippen MR) is 97.8 cm³/mol. The predicted octanol–water partition coefficient (Wildman–Crippen LogP) is 3.40. The zero-order valence-corrected chi connectivity index (χ0v) is 15.5. The normalized spacial score (nSPS) is 17.0. The van der Waals surface area contributed by atoms with Crippen molar-refractivity contribution in [1.82, 2.24) is 9.88 Å². The molecular weight excluding hydrogens is 372 g/mol. The van der Waals surface area contributed by atoms with Gasteiger partial charge in [-0.05, 0) is 44.2 Å². The van der Waals surface area contributed by atoms with E-state index in [1.807, 2.05) is 0 Å². The smallest absolute Gasteiger partial charge is 0.256 e. The first-order valence-electron chi connectivity index (χ1n) is 9.05. The molecule has 5 nitrogen and oxygen atoms in total. The van der Waals surface area contributed by atoms with Gasteiger partial charge in [-0.3, -0.25) is 9.59 Å². The summed E-state index contributed by atoms with van der Waals surface area (Å²) in [6.45, 7) is 0.726. The van der Waals surface area contributed by atoms with Crippen molar-refractivity contribution in [2.45, 2.75) is 32.1 Å². The molecule has 8 heteroatoms. The maximum Gasteiger partial charge on any atom is 0.256 e. The topological polar surface area (TPSA) is 62.3 Å². The number of hydrogen-bond donors (Lipinski definition) is 1. The molecule has 2 amide bonds. The molecule has 1 N–H and O–H groups in total. The quantitative estimate of drug-likeness (QED) is 0.872. The standard InChI is InChI=1S/C19H19F2N3O2S/c20-12-4-5-13(14(21)10-12)18(26)24-8-6-11(7-9-24)17(25)23-19-22-15-2-1-3-16(15)27-19/h4-5,10-11H,1-3,6-9H2,(H,22,23,25). The van der Waals surface area contributed by atoms with Gasteiger partial charge in [0.1, 0.15) is 11.6 Å². The van der Waals surface area contributed by atoms with E-state index in [-0.39, 0.29) is 17.4 Å². The average molecular weight is 391 g/mol. The number of rotatable bonds is 3. The van der Waals surface area contributed by atoms with Crippen molar-refractivity contribution in [3.8, 4) is 0 Å². The number of likely N-dealkylation sites (tertiary alicyclic amines) is 1. The Hall–Kier alpha value is -2.35. The lowest BCUT2D eigenvalue weighted by Gasteiger charge is -2.31. The molecule has 1 aliphatic carbocycles. The van der Waals surface area contributed by atoms with Gasteiger partial charge < -0.3 is 10.2 Å². The maximum absolute atomic E-state index is 13.8. The first kappa shape index (κ1) is 18.0. The van der Waals surface area contributed by atoms with Crippen LogP contribution in [0.1, 0.15) is 40.2 Å². The number of amides is 2. The van der Waals surface area contributed by atoms with Crippen LogP contribution in [-0.2, 0) is 17.6 Å². The highest BCUT2D eigenvalue weighted by molar-refractivity contribution is 7.15. The van der Waals surface area contributed by atoms with Crippen LogP contribution < -0.4 is 5.32 Å². The van der Waals surface area contributed by atoms with Gasteiger partial charge in [0.05, 0.1) is 11.3 Å². The zero-order valence-electron chi connectivity index (χ0n) is 14.6. The van der Waals surface area contributed by atoms with Gasteiger partial charge in [0, 0.05) is 30.0 Å². The molecule has 1 aromatic carbocycles. The lowest BCUT2D eigenvalue weighted by atomic mass is 9.95. The Balaban J connectivity index is 1.33. The number of piperidine rings is 1. The molecule has 2 aromatic rings. The molecule has 0 bridgehead atoms. The summed E-state index contributed by atoms with van der Waals surface area (Å²) in [7, 11) is 0. The fraction of sp³-hybridized carbons (Fsp3) is 0.421. The lowest BCUT2D eigenvalue weighted by Crippen LogP contribution is -2.41. The Labute approximate surface area is 159 Å². The summed E-state index contributed by atoms with van der Waals surface area (Å²) in [5.74, 6) is -2.33. The fourth-order valence-corrected chi connectivity index (χ4v) is 4.68. The summed E-state index contributed by atoms with van der Waals surface area (Å²) in [4.78, 5) is 32.2. The maximum atomic E-state index is 13.8. The van der Waals surface area contributed by atoms with Crippen molar-refractivity contribution in [3.63, 3.8) is 0 Å². The number of nitrogens with one attached hydrogen (secondary N) is 1. The number of fused-ring (bicyclic) bond motifs is 1. The number of halogens is 2. The average Bonchev–Trinajstić information content (AvgIpc) is 3.23. The number of thiazole rings is 1. The molecule has 0 saturated carbocycles. The molecule has 2 aliphatic rings. The van der Waals surface area contributed by atoms with Crippen molar-refractivity contribution >= 4 is 28.3 Å².